The summed E-state index contributed by atoms with van der Waals surface area (Å²) in [5, 5.41) is 13.2. The van der Waals surface area contributed by atoms with Gasteiger partial charge in [-0.2, -0.15) is 0 Å². The summed E-state index contributed by atoms with van der Waals surface area (Å²) in [4.78, 5) is 30.6. The van der Waals surface area contributed by atoms with Gasteiger partial charge in [-0.3, -0.25) is 4.79 Å². The fourth-order valence-electron chi connectivity index (χ4n) is 3.38. The normalized spacial score (nSPS) is 11.7. The summed E-state index contributed by atoms with van der Waals surface area (Å²) in [6.45, 7) is 4.02. The van der Waals surface area contributed by atoms with Crippen LogP contribution >= 0.6 is 23.2 Å². The standard InChI is InChI=1S/C24H23Cl2N3O3/c1-14-10-16(5-8-20(14)24(31)32)15(2)28-23(30)21-11-18(25)6-4-17(21)13-29(3)22-9-7-19(26)12-27-22/h4-12,15H,13H2,1-3H3,(H,28,30)(H,31,32)/t15-/m0/s1. The van der Waals surface area contributed by atoms with Crippen LogP contribution in [0.15, 0.2) is 54.7 Å². The highest BCUT2D eigenvalue weighted by Crippen LogP contribution is 2.23. The molecule has 32 heavy (non-hydrogen) atoms. The van der Waals surface area contributed by atoms with Crippen molar-refractivity contribution in [3.63, 3.8) is 0 Å². The highest BCUT2D eigenvalue weighted by atomic mass is 35.5. The third kappa shape index (κ3) is 5.58. The number of carbonyl (C=O) groups is 2. The minimum atomic E-state index is -0.978. The lowest BCUT2D eigenvalue weighted by atomic mass is 10.0. The Morgan fingerprint density at radius 1 is 1.06 bits per heavy atom. The maximum Gasteiger partial charge on any atom is 0.335 e. The first-order valence-corrected chi connectivity index (χ1v) is 10.7. The monoisotopic (exact) mass is 471 g/mol. The van der Waals surface area contributed by atoms with E-state index in [0.717, 1.165) is 16.9 Å². The molecule has 1 aromatic heterocycles. The molecule has 3 rings (SSSR count). The summed E-state index contributed by atoms with van der Waals surface area (Å²) in [7, 11) is 1.88. The van der Waals surface area contributed by atoms with E-state index in [0.29, 0.717) is 27.7 Å². The van der Waals surface area contributed by atoms with Crippen molar-refractivity contribution in [1.82, 2.24) is 10.3 Å². The van der Waals surface area contributed by atoms with Crippen LogP contribution in [-0.4, -0.2) is 29.0 Å². The third-order valence-corrected chi connectivity index (χ3v) is 5.61. The van der Waals surface area contributed by atoms with E-state index in [9.17, 15) is 14.7 Å². The molecule has 0 bridgehead atoms. The number of hydrogen-bond donors (Lipinski definition) is 2. The second kappa shape index (κ2) is 10.0. The zero-order chi connectivity index (χ0) is 23.4. The molecular formula is C24H23Cl2N3O3. The van der Waals surface area contributed by atoms with E-state index in [1.165, 1.54) is 0 Å². The molecule has 6 nitrogen and oxygen atoms in total. The number of halogens is 2. The number of carbonyl (C=O) groups excluding carboxylic acids is 1. The molecule has 0 spiro atoms. The van der Waals surface area contributed by atoms with Gasteiger partial charge in [0, 0.05) is 30.4 Å². The Kier molecular flexibility index (Phi) is 7.38. The highest BCUT2D eigenvalue weighted by molar-refractivity contribution is 6.31. The first-order valence-electron chi connectivity index (χ1n) is 9.91. The average molecular weight is 472 g/mol. The number of rotatable bonds is 7. The summed E-state index contributed by atoms with van der Waals surface area (Å²) in [5.41, 5.74) is 2.94. The molecule has 0 saturated carbocycles. The van der Waals surface area contributed by atoms with Gasteiger partial charge in [0.05, 0.1) is 16.6 Å². The number of carboxylic acid groups (broad SMARTS) is 1. The summed E-state index contributed by atoms with van der Waals surface area (Å²) >= 11 is 12.1. The van der Waals surface area contributed by atoms with Crippen LogP contribution in [0.2, 0.25) is 10.0 Å². The molecule has 2 aromatic carbocycles. The average Bonchev–Trinajstić information content (AvgIpc) is 2.74. The summed E-state index contributed by atoms with van der Waals surface area (Å²) in [5.74, 6) is -0.529. The van der Waals surface area contributed by atoms with Gasteiger partial charge in [-0.25, -0.2) is 9.78 Å². The molecule has 0 aliphatic heterocycles. The largest absolute Gasteiger partial charge is 0.478 e. The van der Waals surface area contributed by atoms with E-state index in [2.05, 4.69) is 10.3 Å². The Hall–Kier alpha value is -3.09. The van der Waals surface area contributed by atoms with Gasteiger partial charge in [-0.15, -0.1) is 0 Å². The molecule has 1 amide bonds. The third-order valence-electron chi connectivity index (χ3n) is 5.16. The number of carboxylic acids is 1. The Morgan fingerprint density at radius 3 is 2.41 bits per heavy atom. The van der Waals surface area contributed by atoms with Crippen LogP contribution < -0.4 is 10.2 Å². The van der Waals surface area contributed by atoms with Gasteiger partial charge >= 0.3 is 5.97 Å². The van der Waals surface area contributed by atoms with Crippen LogP contribution in [-0.2, 0) is 6.54 Å². The van der Waals surface area contributed by atoms with E-state index in [4.69, 9.17) is 23.2 Å². The lowest BCUT2D eigenvalue weighted by Gasteiger charge is -2.21. The van der Waals surface area contributed by atoms with Crippen LogP contribution in [0.4, 0.5) is 5.82 Å². The first-order chi connectivity index (χ1) is 15.2. The maximum absolute atomic E-state index is 13.1. The second-order valence-electron chi connectivity index (χ2n) is 7.57. The van der Waals surface area contributed by atoms with Crippen molar-refractivity contribution in [2.75, 3.05) is 11.9 Å². The van der Waals surface area contributed by atoms with Gasteiger partial charge in [0.2, 0.25) is 0 Å². The number of aromatic nitrogens is 1. The van der Waals surface area contributed by atoms with E-state index in [1.807, 2.05) is 31.0 Å². The molecule has 2 N–H and O–H groups in total. The van der Waals surface area contributed by atoms with Crippen molar-refractivity contribution < 1.29 is 14.7 Å². The Bertz CT molecular complexity index is 1150. The summed E-state index contributed by atoms with van der Waals surface area (Å²) in [6.07, 6.45) is 1.57. The number of pyridine rings is 1. The predicted octanol–water partition coefficient (Wildman–Crippen LogP) is 5.52. The van der Waals surface area contributed by atoms with Crippen molar-refractivity contribution in [3.8, 4) is 0 Å². The molecule has 0 aliphatic carbocycles. The first kappa shape index (κ1) is 23.6. The lowest BCUT2D eigenvalue weighted by Crippen LogP contribution is -2.29. The van der Waals surface area contributed by atoms with Crippen LogP contribution in [0, 0.1) is 6.92 Å². The van der Waals surface area contributed by atoms with Gasteiger partial charge in [-0.05, 0) is 60.9 Å². The molecule has 0 aliphatic rings. The second-order valence-corrected chi connectivity index (χ2v) is 8.44. The zero-order valence-electron chi connectivity index (χ0n) is 17.9. The molecule has 1 heterocycles. The van der Waals surface area contributed by atoms with Crippen molar-refractivity contribution in [1.29, 1.82) is 0 Å². The van der Waals surface area contributed by atoms with E-state index < -0.39 is 5.97 Å². The number of nitrogens with zero attached hydrogens (tertiary/aromatic N) is 2. The smallest absolute Gasteiger partial charge is 0.335 e. The number of aryl methyl sites for hydroxylation is 1. The fourth-order valence-corrected chi connectivity index (χ4v) is 3.67. The van der Waals surface area contributed by atoms with Crippen LogP contribution in [0.5, 0.6) is 0 Å². The minimum absolute atomic E-state index is 0.239. The number of amides is 1. The van der Waals surface area contributed by atoms with Crippen molar-refractivity contribution in [3.05, 3.63) is 92.6 Å². The molecule has 0 unspecified atom stereocenters. The molecule has 0 radical (unpaired) electrons. The number of aromatic carboxylic acids is 1. The van der Waals surface area contributed by atoms with E-state index >= 15 is 0 Å². The summed E-state index contributed by atoms with van der Waals surface area (Å²) < 4.78 is 0. The highest BCUT2D eigenvalue weighted by Gasteiger charge is 2.18. The zero-order valence-corrected chi connectivity index (χ0v) is 19.4. The Morgan fingerprint density at radius 2 is 1.78 bits per heavy atom. The minimum Gasteiger partial charge on any atom is -0.478 e. The van der Waals surface area contributed by atoms with Crippen molar-refractivity contribution in [2.45, 2.75) is 26.4 Å². The number of anilines is 1. The lowest BCUT2D eigenvalue weighted by molar-refractivity contribution is 0.0695. The number of nitrogens with one attached hydrogen (secondary N) is 1. The quantitative estimate of drug-likeness (QED) is 0.473. The van der Waals surface area contributed by atoms with Gasteiger partial charge in [-0.1, -0.05) is 41.4 Å². The molecular weight excluding hydrogens is 449 g/mol. The number of hydrogen-bond acceptors (Lipinski definition) is 4. The Labute approximate surface area is 196 Å². The van der Waals surface area contributed by atoms with Crippen LogP contribution in [0.1, 0.15) is 50.4 Å². The Balaban J connectivity index is 1.80. The molecule has 3 aromatic rings. The van der Waals surface area contributed by atoms with Gasteiger partial charge in [0.25, 0.3) is 5.91 Å². The SMILES string of the molecule is Cc1cc([C@H](C)NC(=O)c2cc(Cl)ccc2CN(C)c2ccc(Cl)cn2)ccc1C(=O)O. The van der Waals surface area contributed by atoms with Crippen LogP contribution in [0.3, 0.4) is 0 Å². The van der Waals surface area contributed by atoms with E-state index in [1.54, 1.807) is 49.5 Å². The van der Waals surface area contributed by atoms with Gasteiger partial charge in [0.15, 0.2) is 0 Å². The molecule has 166 valence electrons. The van der Waals surface area contributed by atoms with Gasteiger partial charge < -0.3 is 15.3 Å². The molecule has 0 fully saturated rings. The fraction of sp³-hybridized carbons (Fsp3) is 0.208. The number of benzene rings is 2. The van der Waals surface area contributed by atoms with Gasteiger partial charge in [0.1, 0.15) is 5.82 Å². The maximum atomic E-state index is 13.1. The molecule has 1 atom stereocenters. The molecule has 0 saturated heterocycles. The van der Waals surface area contributed by atoms with Crippen molar-refractivity contribution in [2.24, 2.45) is 0 Å². The van der Waals surface area contributed by atoms with Crippen molar-refractivity contribution >= 4 is 40.9 Å². The van der Waals surface area contributed by atoms with Crippen LogP contribution in [0.25, 0.3) is 0 Å². The predicted molar refractivity (Wildman–Crippen MR) is 127 cm³/mol. The van der Waals surface area contributed by atoms with E-state index in [-0.39, 0.29) is 17.5 Å². The molecule has 8 heteroatoms. The summed E-state index contributed by atoms with van der Waals surface area (Å²) in [6, 6.07) is 13.5. The topological polar surface area (TPSA) is 82.5 Å².